The Labute approximate surface area is 151 Å². The molecule has 0 fully saturated rings. The van der Waals surface area contributed by atoms with Gasteiger partial charge in [0.15, 0.2) is 0 Å². The molecule has 0 saturated heterocycles. The van der Waals surface area contributed by atoms with Crippen LogP contribution in [0.5, 0.6) is 5.75 Å². The van der Waals surface area contributed by atoms with E-state index in [-0.39, 0.29) is 11.4 Å². The van der Waals surface area contributed by atoms with Gasteiger partial charge in [-0.15, -0.1) is 0 Å². The molecular weight excluding hydrogens is 375 g/mol. The molecule has 1 unspecified atom stereocenters. The number of benzene rings is 2. The number of amides is 1. The SMILES string of the molecule is CC(=O)N(c1ccc(Cl)cc1)C(Oc1cccc(C(F)(F)F)c1)C(=O)O. The normalized spacial score (nSPS) is 12.3. The first-order valence-electron chi connectivity index (χ1n) is 7.21. The molecule has 0 heterocycles. The Kier molecular flexibility index (Phi) is 5.76. The van der Waals surface area contributed by atoms with Crippen LogP contribution in [0.3, 0.4) is 0 Å². The zero-order chi connectivity index (χ0) is 19.5. The minimum absolute atomic E-state index is 0.168. The summed E-state index contributed by atoms with van der Waals surface area (Å²) in [7, 11) is 0. The average Bonchev–Trinajstić information content (AvgIpc) is 2.55. The van der Waals surface area contributed by atoms with Gasteiger partial charge in [-0.3, -0.25) is 9.69 Å². The molecule has 0 saturated carbocycles. The lowest BCUT2D eigenvalue weighted by Crippen LogP contribution is -2.48. The van der Waals surface area contributed by atoms with Crippen LogP contribution in [-0.2, 0) is 15.8 Å². The summed E-state index contributed by atoms with van der Waals surface area (Å²) in [6.07, 6.45) is -6.48. The van der Waals surface area contributed by atoms with Crippen molar-refractivity contribution < 1.29 is 32.6 Å². The van der Waals surface area contributed by atoms with Gasteiger partial charge in [-0.05, 0) is 42.5 Å². The number of anilines is 1. The maximum absolute atomic E-state index is 12.8. The molecule has 0 aliphatic carbocycles. The zero-order valence-electron chi connectivity index (χ0n) is 13.3. The fraction of sp³-hybridized carbons (Fsp3) is 0.176. The number of carbonyl (C=O) groups excluding carboxylic acids is 1. The first kappa shape index (κ1) is 19.6. The van der Waals surface area contributed by atoms with Crippen molar-refractivity contribution in [3.05, 3.63) is 59.1 Å². The first-order valence-corrected chi connectivity index (χ1v) is 7.59. The molecule has 138 valence electrons. The summed E-state index contributed by atoms with van der Waals surface area (Å²) >= 11 is 5.77. The number of aliphatic carboxylic acids is 1. The van der Waals surface area contributed by atoms with Crippen molar-refractivity contribution in [3.63, 3.8) is 0 Å². The molecule has 0 bridgehead atoms. The second-order valence-corrected chi connectivity index (χ2v) is 5.64. The van der Waals surface area contributed by atoms with E-state index in [9.17, 15) is 27.9 Å². The van der Waals surface area contributed by atoms with Crippen molar-refractivity contribution in [1.82, 2.24) is 0 Å². The van der Waals surface area contributed by atoms with Gasteiger partial charge in [0.1, 0.15) is 5.75 Å². The standard InChI is InChI=1S/C17H13ClF3NO4/c1-10(23)22(13-7-5-12(18)6-8-13)15(16(24)25)26-14-4-2-3-11(9-14)17(19,20)21/h2-9,15H,1H3,(H,24,25). The lowest BCUT2D eigenvalue weighted by molar-refractivity contribution is -0.146. The summed E-state index contributed by atoms with van der Waals surface area (Å²) in [4.78, 5) is 24.4. The maximum Gasteiger partial charge on any atom is 0.416 e. The molecule has 0 aliphatic heterocycles. The van der Waals surface area contributed by atoms with Crippen molar-refractivity contribution >= 4 is 29.2 Å². The van der Waals surface area contributed by atoms with Gasteiger partial charge in [-0.25, -0.2) is 4.79 Å². The van der Waals surface area contributed by atoms with Crippen LogP contribution in [0.4, 0.5) is 18.9 Å². The minimum atomic E-state index is -4.62. The van der Waals surface area contributed by atoms with E-state index in [0.717, 1.165) is 24.0 Å². The lowest BCUT2D eigenvalue weighted by Gasteiger charge is -2.28. The van der Waals surface area contributed by atoms with Gasteiger partial charge in [0.05, 0.1) is 5.56 Å². The Balaban J connectivity index is 2.39. The molecule has 2 rings (SSSR count). The van der Waals surface area contributed by atoms with Crippen LogP contribution in [0.25, 0.3) is 0 Å². The first-order chi connectivity index (χ1) is 12.1. The quantitative estimate of drug-likeness (QED) is 0.781. The Morgan fingerprint density at radius 1 is 1.15 bits per heavy atom. The van der Waals surface area contributed by atoms with Crippen molar-refractivity contribution in [2.45, 2.75) is 19.3 Å². The summed E-state index contributed by atoms with van der Waals surface area (Å²) in [6.45, 7) is 1.11. The van der Waals surface area contributed by atoms with Gasteiger partial charge in [0, 0.05) is 17.6 Å². The lowest BCUT2D eigenvalue weighted by atomic mass is 10.2. The largest absolute Gasteiger partial charge is 0.477 e. The predicted octanol–water partition coefficient (Wildman–Crippen LogP) is 4.20. The highest BCUT2D eigenvalue weighted by atomic mass is 35.5. The van der Waals surface area contributed by atoms with E-state index in [1.54, 1.807) is 0 Å². The Morgan fingerprint density at radius 3 is 2.27 bits per heavy atom. The van der Waals surface area contributed by atoms with Crippen LogP contribution in [0.2, 0.25) is 5.02 Å². The van der Waals surface area contributed by atoms with E-state index in [4.69, 9.17) is 16.3 Å². The summed E-state index contributed by atoms with van der Waals surface area (Å²) in [5, 5.41) is 9.80. The minimum Gasteiger partial charge on any atom is -0.477 e. The molecular formula is C17H13ClF3NO4. The van der Waals surface area contributed by atoms with Gasteiger partial charge in [-0.1, -0.05) is 17.7 Å². The Hall–Kier alpha value is -2.74. The van der Waals surface area contributed by atoms with E-state index in [2.05, 4.69) is 0 Å². The number of rotatable bonds is 5. The molecule has 0 spiro atoms. The van der Waals surface area contributed by atoms with Crippen molar-refractivity contribution in [2.75, 3.05) is 4.90 Å². The van der Waals surface area contributed by atoms with Crippen LogP contribution >= 0.6 is 11.6 Å². The second kappa shape index (κ2) is 7.65. The second-order valence-electron chi connectivity index (χ2n) is 5.20. The van der Waals surface area contributed by atoms with Crippen LogP contribution in [-0.4, -0.2) is 23.2 Å². The Morgan fingerprint density at radius 2 is 1.77 bits per heavy atom. The molecule has 1 amide bonds. The molecule has 2 aromatic rings. The molecule has 9 heteroatoms. The summed E-state index contributed by atoms with van der Waals surface area (Å²) in [5.74, 6) is -2.56. The molecule has 5 nitrogen and oxygen atoms in total. The number of carboxylic acids is 1. The highest BCUT2D eigenvalue weighted by Crippen LogP contribution is 2.32. The number of carboxylic acid groups (broad SMARTS) is 1. The van der Waals surface area contributed by atoms with E-state index in [0.29, 0.717) is 11.1 Å². The number of hydrogen-bond donors (Lipinski definition) is 1. The fourth-order valence-corrected chi connectivity index (χ4v) is 2.30. The monoisotopic (exact) mass is 387 g/mol. The van der Waals surface area contributed by atoms with E-state index in [1.165, 1.54) is 30.3 Å². The number of nitrogens with zero attached hydrogens (tertiary/aromatic N) is 1. The van der Waals surface area contributed by atoms with Crippen LogP contribution in [0.15, 0.2) is 48.5 Å². The predicted molar refractivity (Wildman–Crippen MR) is 88.1 cm³/mol. The van der Waals surface area contributed by atoms with E-state index >= 15 is 0 Å². The number of ether oxygens (including phenoxy) is 1. The zero-order valence-corrected chi connectivity index (χ0v) is 14.1. The molecule has 0 radical (unpaired) electrons. The third kappa shape index (κ3) is 4.66. The molecule has 2 aromatic carbocycles. The van der Waals surface area contributed by atoms with Gasteiger partial charge in [-0.2, -0.15) is 13.2 Å². The van der Waals surface area contributed by atoms with Crippen molar-refractivity contribution in [3.8, 4) is 5.75 Å². The maximum atomic E-state index is 12.8. The van der Waals surface area contributed by atoms with Gasteiger partial charge >= 0.3 is 12.1 Å². The smallest absolute Gasteiger partial charge is 0.416 e. The number of halogens is 4. The van der Waals surface area contributed by atoms with Crippen LogP contribution < -0.4 is 9.64 Å². The van der Waals surface area contributed by atoms with Crippen LogP contribution in [0, 0.1) is 0 Å². The fourth-order valence-electron chi connectivity index (χ4n) is 2.17. The van der Waals surface area contributed by atoms with Crippen LogP contribution in [0.1, 0.15) is 12.5 Å². The molecule has 1 N–H and O–H groups in total. The van der Waals surface area contributed by atoms with Gasteiger partial charge in [0.2, 0.25) is 5.91 Å². The molecule has 0 aliphatic rings. The van der Waals surface area contributed by atoms with Gasteiger partial charge in [0.25, 0.3) is 6.23 Å². The molecule has 26 heavy (non-hydrogen) atoms. The van der Waals surface area contributed by atoms with E-state index in [1.807, 2.05) is 0 Å². The number of alkyl halides is 3. The molecule has 0 aromatic heterocycles. The highest BCUT2D eigenvalue weighted by molar-refractivity contribution is 6.30. The Bertz CT molecular complexity index is 808. The van der Waals surface area contributed by atoms with Crippen molar-refractivity contribution in [1.29, 1.82) is 0 Å². The molecule has 1 atom stereocenters. The van der Waals surface area contributed by atoms with Gasteiger partial charge < -0.3 is 9.84 Å². The number of hydrogen-bond acceptors (Lipinski definition) is 3. The summed E-state index contributed by atoms with van der Waals surface area (Å²) in [6, 6.07) is 9.42. The third-order valence-corrected chi connectivity index (χ3v) is 3.55. The summed E-state index contributed by atoms with van der Waals surface area (Å²) < 4.78 is 43.6. The van der Waals surface area contributed by atoms with E-state index < -0.39 is 29.8 Å². The highest BCUT2D eigenvalue weighted by Gasteiger charge is 2.33. The number of carbonyl (C=O) groups is 2. The topological polar surface area (TPSA) is 66.8 Å². The third-order valence-electron chi connectivity index (χ3n) is 3.30. The summed E-state index contributed by atoms with van der Waals surface area (Å²) in [5.41, 5.74) is -0.832. The average molecular weight is 388 g/mol. The van der Waals surface area contributed by atoms with Crippen molar-refractivity contribution in [2.24, 2.45) is 0 Å².